The van der Waals surface area contributed by atoms with Gasteiger partial charge >= 0.3 is 0 Å². The van der Waals surface area contributed by atoms with Crippen molar-refractivity contribution in [3.63, 3.8) is 0 Å². The Labute approximate surface area is 145 Å². The Morgan fingerprint density at radius 3 is 2.72 bits per heavy atom. The van der Waals surface area contributed by atoms with E-state index in [1.165, 1.54) is 24.4 Å². The molecule has 1 aromatic rings. The molecule has 25 heavy (non-hydrogen) atoms. The Morgan fingerprint density at radius 1 is 1.40 bits per heavy atom. The van der Waals surface area contributed by atoms with Crippen molar-refractivity contribution in [2.24, 2.45) is 5.73 Å². The molecule has 1 fully saturated rings. The number of nitrogens with zero attached hydrogens (tertiary/aromatic N) is 4. The quantitative estimate of drug-likeness (QED) is 0.333. The van der Waals surface area contributed by atoms with Gasteiger partial charge in [-0.25, -0.2) is 0 Å². The third-order valence-electron chi connectivity index (χ3n) is 3.90. The Hall–Kier alpha value is -2.96. The number of nitriles is 1. The molecule has 0 unspecified atom stereocenters. The van der Waals surface area contributed by atoms with Gasteiger partial charge in [0.2, 0.25) is 0 Å². The van der Waals surface area contributed by atoms with Gasteiger partial charge in [0.1, 0.15) is 11.6 Å². The highest BCUT2D eigenvalue weighted by Crippen LogP contribution is 2.17. The standard InChI is InChI=1S/C16H20N6O3/c17-4-5-20-6-8-21(9-7-20)16(23)13(11-18)12-19-14-2-1-3-15(10-14)22(24)25/h1-3,10,12,19H,4-9,17H2/b13-12-. The normalized spacial score (nSPS) is 15.5. The summed E-state index contributed by atoms with van der Waals surface area (Å²) >= 11 is 0. The van der Waals surface area contributed by atoms with E-state index >= 15 is 0 Å². The molecule has 0 atom stereocenters. The Morgan fingerprint density at radius 2 is 2.12 bits per heavy atom. The van der Waals surface area contributed by atoms with Gasteiger partial charge in [0.25, 0.3) is 11.6 Å². The summed E-state index contributed by atoms with van der Waals surface area (Å²) in [5.74, 6) is -0.354. The number of carbonyl (C=O) groups is 1. The predicted molar refractivity (Wildman–Crippen MR) is 92.5 cm³/mol. The van der Waals surface area contributed by atoms with Crippen LogP contribution in [0.1, 0.15) is 0 Å². The minimum atomic E-state index is -0.508. The number of hydrogen-bond donors (Lipinski definition) is 2. The number of non-ortho nitro benzene ring substituents is 1. The van der Waals surface area contributed by atoms with Gasteiger partial charge in [-0.1, -0.05) is 6.07 Å². The van der Waals surface area contributed by atoms with E-state index in [1.54, 1.807) is 11.0 Å². The third kappa shape index (κ3) is 5.00. The minimum absolute atomic E-state index is 0.0428. The summed E-state index contributed by atoms with van der Waals surface area (Å²) in [6.45, 7) is 3.88. The molecule has 1 aromatic carbocycles. The van der Waals surface area contributed by atoms with Crippen LogP contribution in [0.2, 0.25) is 0 Å². The van der Waals surface area contributed by atoms with Gasteiger partial charge in [0.05, 0.1) is 4.92 Å². The summed E-state index contributed by atoms with van der Waals surface area (Å²) in [6.07, 6.45) is 1.29. The molecular weight excluding hydrogens is 324 g/mol. The average Bonchev–Trinajstić information content (AvgIpc) is 2.63. The fourth-order valence-corrected chi connectivity index (χ4v) is 2.53. The number of nitro groups is 1. The van der Waals surface area contributed by atoms with Gasteiger partial charge in [-0.2, -0.15) is 5.26 Å². The van der Waals surface area contributed by atoms with E-state index in [0.29, 0.717) is 25.3 Å². The molecule has 1 heterocycles. The van der Waals surface area contributed by atoms with Crippen LogP contribution in [0, 0.1) is 21.4 Å². The maximum atomic E-state index is 12.4. The number of anilines is 1. The van der Waals surface area contributed by atoms with Gasteiger partial charge < -0.3 is 16.0 Å². The molecule has 132 valence electrons. The third-order valence-corrected chi connectivity index (χ3v) is 3.90. The molecule has 1 aliphatic heterocycles. The number of piperazine rings is 1. The first-order chi connectivity index (χ1) is 12.0. The van der Waals surface area contributed by atoms with Crippen LogP contribution in [-0.4, -0.2) is 59.9 Å². The summed E-state index contributed by atoms with van der Waals surface area (Å²) in [6, 6.07) is 7.73. The summed E-state index contributed by atoms with van der Waals surface area (Å²) in [5.41, 5.74) is 5.84. The summed E-state index contributed by atoms with van der Waals surface area (Å²) in [4.78, 5) is 26.5. The van der Waals surface area contributed by atoms with Gasteiger partial charge in [0, 0.05) is 63.3 Å². The van der Waals surface area contributed by atoms with Crippen molar-refractivity contribution in [3.8, 4) is 6.07 Å². The van der Waals surface area contributed by atoms with Crippen LogP contribution in [0.15, 0.2) is 36.0 Å². The number of amides is 1. The smallest absolute Gasteiger partial charge is 0.271 e. The van der Waals surface area contributed by atoms with Gasteiger partial charge in [-0.05, 0) is 6.07 Å². The van der Waals surface area contributed by atoms with Crippen LogP contribution in [-0.2, 0) is 4.79 Å². The van der Waals surface area contributed by atoms with Gasteiger partial charge in [0.15, 0.2) is 0 Å². The molecule has 1 aliphatic rings. The van der Waals surface area contributed by atoms with Crippen LogP contribution < -0.4 is 11.1 Å². The second kappa shape index (κ2) is 8.77. The number of rotatable bonds is 6. The van der Waals surface area contributed by atoms with Crippen molar-refractivity contribution in [2.75, 3.05) is 44.6 Å². The highest BCUT2D eigenvalue weighted by molar-refractivity contribution is 5.97. The lowest BCUT2D eigenvalue weighted by molar-refractivity contribution is -0.384. The van der Waals surface area contributed by atoms with E-state index in [4.69, 9.17) is 5.73 Å². The lowest BCUT2D eigenvalue weighted by Crippen LogP contribution is -2.50. The molecule has 0 radical (unpaired) electrons. The Kier molecular flexibility index (Phi) is 6.45. The minimum Gasteiger partial charge on any atom is -0.360 e. The number of hydrogen-bond acceptors (Lipinski definition) is 7. The Balaban J connectivity index is 2.00. The fourth-order valence-electron chi connectivity index (χ4n) is 2.53. The zero-order chi connectivity index (χ0) is 18.2. The molecule has 0 spiro atoms. The number of nitrogens with one attached hydrogen (secondary N) is 1. The highest BCUT2D eigenvalue weighted by atomic mass is 16.6. The lowest BCUT2D eigenvalue weighted by Gasteiger charge is -2.34. The number of nitro benzene ring substituents is 1. The number of carbonyl (C=O) groups excluding carboxylic acids is 1. The zero-order valence-electron chi connectivity index (χ0n) is 13.7. The van der Waals surface area contributed by atoms with Crippen LogP contribution in [0.4, 0.5) is 11.4 Å². The first kappa shape index (κ1) is 18.4. The van der Waals surface area contributed by atoms with Gasteiger partial charge in [-0.15, -0.1) is 0 Å². The number of benzene rings is 1. The van der Waals surface area contributed by atoms with Crippen LogP contribution >= 0.6 is 0 Å². The monoisotopic (exact) mass is 344 g/mol. The van der Waals surface area contributed by atoms with Gasteiger partial charge in [-0.3, -0.25) is 19.8 Å². The van der Waals surface area contributed by atoms with Crippen LogP contribution in [0.5, 0.6) is 0 Å². The fraction of sp³-hybridized carbons (Fsp3) is 0.375. The molecule has 0 aliphatic carbocycles. The van der Waals surface area contributed by atoms with Crippen molar-refractivity contribution in [1.82, 2.24) is 9.80 Å². The maximum absolute atomic E-state index is 12.4. The predicted octanol–water partition coefficient (Wildman–Crippen LogP) is 0.517. The molecule has 0 bridgehead atoms. The second-order valence-electron chi connectivity index (χ2n) is 5.54. The lowest BCUT2D eigenvalue weighted by atomic mass is 10.2. The molecule has 9 nitrogen and oxygen atoms in total. The van der Waals surface area contributed by atoms with E-state index in [-0.39, 0.29) is 17.2 Å². The molecule has 1 amide bonds. The molecule has 3 N–H and O–H groups in total. The summed E-state index contributed by atoms with van der Waals surface area (Å²) in [7, 11) is 0. The van der Waals surface area contributed by atoms with Crippen LogP contribution in [0.3, 0.4) is 0 Å². The highest BCUT2D eigenvalue weighted by Gasteiger charge is 2.23. The SMILES string of the molecule is N#C/C(=C/Nc1cccc([N+](=O)[O-])c1)C(=O)N1CCN(CCN)CC1. The first-order valence-electron chi connectivity index (χ1n) is 7.88. The topological polar surface area (TPSA) is 129 Å². The zero-order valence-corrected chi connectivity index (χ0v) is 13.7. The van der Waals surface area contributed by atoms with E-state index in [0.717, 1.165) is 19.6 Å². The largest absolute Gasteiger partial charge is 0.360 e. The first-order valence-corrected chi connectivity index (χ1v) is 7.88. The molecule has 1 saturated heterocycles. The van der Waals surface area contributed by atoms with Crippen LogP contribution in [0.25, 0.3) is 0 Å². The molecule has 2 rings (SSSR count). The van der Waals surface area contributed by atoms with E-state index in [9.17, 15) is 20.2 Å². The van der Waals surface area contributed by atoms with E-state index in [1.807, 2.05) is 6.07 Å². The number of nitrogens with two attached hydrogens (primary N) is 1. The van der Waals surface area contributed by atoms with Crippen molar-refractivity contribution in [1.29, 1.82) is 5.26 Å². The maximum Gasteiger partial charge on any atom is 0.271 e. The molecule has 0 saturated carbocycles. The second-order valence-corrected chi connectivity index (χ2v) is 5.54. The molecule has 9 heteroatoms. The van der Waals surface area contributed by atoms with E-state index in [2.05, 4.69) is 10.2 Å². The Bertz CT molecular complexity index is 704. The molecule has 0 aromatic heterocycles. The van der Waals surface area contributed by atoms with Crippen molar-refractivity contribution >= 4 is 17.3 Å². The van der Waals surface area contributed by atoms with E-state index < -0.39 is 4.92 Å². The average molecular weight is 344 g/mol. The summed E-state index contributed by atoms with van der Waals surface area (Å²) in [5, 5.41) is 22.8. The molecular formula is C16H20N6O3. The van der Waals surface area contributed by atoms with Crippen molar-refractivity contribution in [3.05, 3.63) is 46.2 Å². The van der Waals surface area contributed by atoms with Crippen molar-refractivity contribution in [2.45, 2.75) is 0 Å². The summed E-state index contributed by atoms with van der Waals surface area (Å²) < 4.78 is 0. The van der Waals surface area contributed by atoms with Crippen molar-refractivity contribution < 1.29 is 9.72 Å².